The lowest BCUT2D eigenvalue weighted by atomic mass is 10.6. The Morgan fingerprint density at radius 2 is 2.36 bits per heavy atom. The fourth-order valence-electron chi connectivity index (χ4n) is 0.999. The Hall–Kier alpha value is -0.330. The summed E-state index contributed by atoms with van der Waals surface area (Å²) in [4.78, 5) is 4.02. The minimum Gasteiger partial charge on any atom is -0.258 e. The normalized spacial score (nSPS) is 16.9. The van der Waals surface area contributed by atoms with Crippen LogP contribution in [0, 0.1) is 0 Å². The summed E-state index contributed by atoms with van der Waals surface area (Å²) in [6, 6.07) is 0. The average molecular weight is 253 g/mol. The van der Waals surface area contributed by atoms with Crippen molar-refractivity contribution < 1.29 is 8.42 Å². The van der Waals surface area contributed by atoms with Crippen LogP contribution in [0.25, 0.3) is 0 Å². The molecule has 1 aromatic heterocycles. The van der Waals surface area contributed by atoms with Crippen LogP contribution in [0.4, 0.5) is 5.13 Å². The van der Waals surface area contributed by atoms with Gasteiger partial charge in [-0.1, -0.05) is 0 Å². The van der Waals surface area contributed by atoms with E-state index in [1.807, 2.05) is 0 Å². The van der Waals surface area contributed by atoms with Gasteiger partial charge in [-0.2, -0.15) is 0 Å². The number of sulfonamides is 1. The van der Waals surface area contributed by atoms with Gasteiger partial charge in [0.15, 0.2) is 5.13 Å². The van der Waals surface area contributed by atoms with Crippen molar-refractivity contribution in [2.45, 2.75) is 24.0 Å². The lowest BCUT2D eigenvalue weighted by molar-refractivity contribution is 0.600. The highest BCUT2D eigenvalue weighted by Crippen LogP contribution is 2.30. The van der Waals surface area contributed by atoms with Gasteiger partial charge in [-0.05, 0) is 12.8 Å². The summed E-state index contributed by atoms with van der Waals surface area (Å²) in [5, 5.41) is 1.94. The van der Waals surface area contributed by atoms with Crippen LogP contribution in [0.5, 0.6) is 0 Å². The SMILES string of the molecule is O=S(=O)(Nc1nc(CCl)cs1)C1CC1. The maximum absolute atomic E-state index is 11.5. The van der Waals surface area contributed by atoms with Gasteiger partial charge in [0.2, 0.25) is 10.0 Å². The van der Waals surface area contributed by atoms with Gasteiger partial charge in [-0.3, -0.25) is 4.72 Å². The molecule has 1 N–H and O–H groups in total. The molecule has 0 radical (unpaired) electrons. The van der Waals surface area contributed by atoms with Gasteiger partial charge in [0, 0.05) is 5.38 Å². The molecular weight excluding hydrogens is 244 g/mol. The Morgan fingerprint density at radius 3 is 2.86 bits per heavy atom. The first kappa shape index (κ1) is 10.2. The Morgan fingerprint density at radius 1 is 1.64 bits per heavy atom. The maximum atomic E-state index is 11.5. The summed E-state index contributed by atoms with van der Waals surface area (Å²) in [7, 11) is -3.18. The molecule has 0 unspecified atom stereocenters. The first-order valence-electron chi connectivity index (χ1n) is 4.14. The standard InChI is InChI=1S/C7H9ClN2O2S2/c8-3-5-4-13-7(9-5)10-14(11,12)6-1-2-6/h4,6H,1-3H2,(H,9,10). The van der Waals surface area contributed by atoms with Gasteiger partial charge in [0.25, 0.3) is 0 Å². The summed E-state index contributed by atoms with van der Waals surface area (Å²) in [5.74, 6) is 0.307. The van der Waals surface area contributed by atoms with Gasteiger partial charge in [-0.15, -0.1) is 22.9 Å². The number of thiazole rings is 1. The van der Waals surface area contributed by atoms with E-state index < -0.39 is 10.0 Å². The average Bonchev–Trinajstić information content (AvgIpc) is 2.89. The molecule has 0 spiro atoms. The highest BCUT2D eigenvalue weighted by atomic mass is 35.5. The molecule has 0 aromatic carbocycles. The van der Waals surface area contributed by atoms with E-state index in [-0.39, 0.29) is 5.25 Å². The van der Waals surface area contributed by atoms with Crippen molar-refractivity contribution in [1.29, 1.82) is 0 Å². The molecule has 0 saturated heterocycles. The second-order valence-electron chi connectivity index (χ2n) is 3.12. The van der Waals surface area contributed by atoms with E-state index in [4.69, 9.17) is 11.6 Å². The van der Waals surface area contributed by atoms with Crippen LogP contribution in [0.3, 0.4) is 0 Å². The molecule has 1 aliphatic rings. The zero-order valence-electron chi connectivity index (χ0n) is 7.23. The molecule has 0 atom stereocenters. The Kier molecular flexibility index (Phi) is 2.68. The van der Waals surface area contributed by atoms with E-state index in [0.717, 1.165) is 12.8 Å². The number of nitrogens with one attached hydrogen (secondary N) is 1. The molecule has 1 aliphatic carbocycles. The fraction of sp³-hybridized carbons (Fsp3) is 0.571. The van der Waals surface area contributed by atoms with Gasteiger partial charge < -0.3 is 0 Å². The number of hydrogen-bond donors (Lipinski definition) is 1. The van der Waals surface area contributed by atoms with Crippen LogP contribution in [0.1, 0.15) is 18.5 Å². The van der Waals surface area contributed by atoms with Gasteiger partial charge >= 0.3 is 0 Å². The van der Waals surface area contributed by atoms with Crippen molar-refractivity contribution >= 4 is 38.1 Å². The van der Waals surface area contributed by atoms with Crippen molar-refractivity contribution in [3.8, 4) is 0 Å². The number of aromatic nitrogens is 1. The molecule has 2 rings (SSSR count). The topological polar surface area (TPSA) is 59.1 Å². The van der Waals surface area contributed by atoms with E-state index in [1.165, 1.54) is 11.3 Å². The third-order valence-corrected chi connectivity index (χ3v) is 4.92. The molecule has 0 aliphatic heterocycles. The first-order chi connectivity index (χ1) is 6.62. The molecule has 0 amide bonds. The van der Waals surface area contributed by atoms with Crippen molar-refractivity contribution in [2.24, 2.45) is 0 Å². The summed E-state index contributed by atoms with van der Waals surface area (Å²) in [5.41, 5.74) is 0.699. The molecule has 1 saturated carbocycles. The minimum absolute atomic E-state index is 0.217. The van der Waals surface area contributed by atoms with Crippen LogP contribution < -0.4 is 4.72 Å². The van der Waals surface area contributed by atoms with E-state index in [9.17, 15) is 8.42 Å². The van der Waals surface area contributed by atoms with Crippen molar-refractivity contribution in [3.63, 3.8) is 0 Å². The molecule has 1 heterocycles. The van der Waals surface area contributed by atoms with Crippen LogP contribution in [-0.2, 0) is 15.9 Å². The number of alkyl halides is 1. The van der Waals surface area contributed by atoms with E-state index >= 15 is 0 Å². The Balaban J connectivity index is 2.10. The zero-order valence-corrected chi connectivity index (χ0v) is 9.62. The largest absolute Gasteiger partial charge is 0.258 e. The van der Waals surface area contributed by atoms with Crippen molar-refractivity contribution in [2.75, 3.05) is 4.72 Å². The third-order valence-electron chi connectivity index (χ3n) is 1.88. The second-order valence-corrected chi connectivity index (χ2v) is 6.21. The number of nitrogens with zero attached hydrogens (tertiary/aromatic N) is 1. The highest BCUT2D eigenvalue weighted by Gasteiger charge is 2.36. The number of rotatable bonds is 4. The highest BCUT2D eigenvalue weighted by molar-refractivity contribution is 7.93. The predicted octanol–water partition coefficient (Wildman–Crippen LogP) is 1.79. The molecule has 1 fully saturated rings. The smallest absolute Gasteiger partial charge is 0.237 e. The van der Waals surface area contributed by atoms with Crippen LogP contribution >= 0.6 is 22.9 Å². The van der Waals surface area contributed by atoms with Gasteiger partial charge in [-0.25, -0.2) is 13.4 Å². The number of halogens is 1. The lowest BCUT2D eigenvalue weighted by Crippen LogP contribution is -2.17. The van der Waals surface area contributed by atoms with E-state index in [0.29, 0.717) is 16.7 Å². The summed E-state index contributed by atoms with van der Waals surface area (Å²) in [6.07, 6.45) is 1.51. The minimum atomic E-state index is -3.18. The second kappa shape index (κ2) is 3.67. The number of anilines is 1. The summed E-state index contributed by atoms with van der Waals surface area (Å²) >= 11 is 6.81. The first-order valence-corrected chi connectivity index (χ1v) is 7.10. The third kappa shape index (κ3) is 2.18. The Labute approximate surface area is 91.4 Å². The zero-order chi connectivity index (χ0) is 10.2. The molecule has 0 bridgehead atoms. The van der Waals surface area contributed by atoms with Crippen LogP contribution in [0.15, 0.2) is 5.38 Å². The Bertz CT molecular complexity index is 425. The van der Waals surface area contributed by atoms with E-state index in [2.05, 4.69) is 9.71 Å². The molecule has 1 aromatic rings. The molecular formula is C7H9ClN2O2S2. The molecule has 14 heavy (non-hydrogen) atoms. The fourth-order valence-corrected chi connectivity index (χ4v) is 3.53. The van der Waals surface area contributed by atoms with Gasteiger partial charge in [0.05, 0.1) is 16.8 Å². The quantitative estimate of drug-likeness (QED) is 0.831. The van der Waals surface area contributed by atoms with Crippen molar-refractivity contribution in [1.82, 2.24) is 4.98 Å². The van der Waals surface area contributed by atoms with Crippen molar-refractivity contribution in [3.05, 3.63) is 11.1 Å². The summed E-state index contributed by atoms with van der Waals surface area (Å²) in [6.45, 7) is 0. The lowest BCUT2D eigenvalue weighted by Gasteiger charge is -2.01. The molecule has 7 heteroatoms. The van der Waals surface area contributed by atoms with Gasteiger partial charge in [0.1, 0.15) is 0 Å². The van der Waals surface area contributed by atoms with E-state index in [1.54, 1.807) is 5.38 Å². The summed E-state index contributed by atoms with van der Waals surface area (Å²) < 4.78 is 25.4. The number of hydrogen-bond acceptors (Lipinski definition) is 4. The van der Waals surface area contributed by atoms with Crippen LogP contribution in [-0.4, -0.2) is 18.7 Å². The predicted molar refractivity (Wildman–Crippen MR) is 57.2 cm³/mol. The van der Waals surface area contributed by atoms with Crippen LogP contribution in [0.2, 0.25) is 0 Å². The molecule has 4 nitrogen and oxygen atoms in total. The maximum Gasteiger partial charge on any atom is 0.237 e. The monoisotopic (exact) mass is 252 g/mol. The molecule has 78 valence electrons.